The highest BCUT2D eigenvalue weighted by Crippen LogP contribution is 2.19. The molecule has 8 nitrogen and oxygen atoms in total. The fourth-order valence-corrected chi connectivity index (χ4v) is 3.95. The molecule has 0 saturated heterocycles. The molecule has 0 radical (unpaired) electrons. The molecule has 1 N–H and O–H groups in total. The van der Waals surface area contributed by atoms with E-state index in [4.69, 9.17) is 0 Å². The van der Waals surface area contributed by atoms with Crippen LogP contribution in [0.15, 0.2) is 48.5 Å². The summed E-state index contributed by atoms with van der Waals surface area (Å²) >= 11 is 0. The molecule has 0 spiro atoms. The van der Waals surface area contributed by atoms with Crippen LogP contribution in [0.4, 0.5) is 10.1 Å². The van der Waals surface area contributed by atoms with Crippen molar-refractivity contribution in [3.63, 3.8) is 0 Å². The Morgan fingerprint density at radius 3 is 2.45 bits per heavy atom. The van der Waals surface area contributed by atoms with Gasteiger partial charge in [0, 0.05) is 17.3 Å². The molecule has 2 amide bonds. The Bertz CT molecular complexity index is 1090. The smallest absolute Gasteiger partial charge is 0.251 e. The first kappa shape index (κ1) is 22.6. The minimum atomic E-state index is -0.359. The van der Waals surface area contributed by atoms with Gasteiger partial charge in [-0.05, 0) is 66.4 Å². The number of amides is 2. The van der Waals surface area contributed by atoms with Crippen LogP contribution in [0.2, 0.25) is 0 Å². The molecule has 1 fully saturated rings. The highest BCUT2D eigenvalue weighted by atomic mass is 19.1. The second-order valence-electron chi connectivity index (χ2n) is 8.20. The number of aromatic nitrogens is 4. The number of hydrogen-bond acceptors (Lipinski definition) is 5. The summed E-state index contributed by atoms with van der Waals surface area (Å²) in [6, 6.07) is 13.5. The van der Waals surface area contributed by atoms with Gasteiger partial charge in [-0.3, -0.25) is 9.59 Å². The predicted molar refractivity (Wildman–Crippen MR) is 122 cm³/mol. The summed E-state index contributed by atoms with van der Waals surface area (Å²) in [7, 11) is 0. The molecular formula is C24H27FN6O2. The third-order valence-corrected chi connectivity index (χ3v) is 5.81. The van der Waals surface area contributed by atoms with E-state index in [1.54, 1.807) is 12.1 Å². The third kappa shape index (κ3) is 5.79. The van der Waals surface area contributed by atoms with Crippen molar-refractivity contribution in [2.24, 2.45) is 0 Å². The molecule has 3 aromatic rings. The Labute approximate surface area is 191 Å². The average molecular weight is 451 g/mol. The maximum absolute atomic E-state index is 13.2. The van der Waals surface area contributed by atoms with Crippen molar-refractivity contribution >= 4 is 17.5 Å². The molecule has 0 atom stereocenters. The number of hydrogen-bond donors (Lipinski definition) is 1. The Hall–Kier alpha value is -3.62. The summed E-state index contributed by atoms with van der Waals surface area (Å²) in [6.45, 7) is 1.79. The average Bonchev–Trinajstić information content (AvgIpc) is 3.50. The van der Waals surface area contributed by atoms with E-state index in [9.17, 15) is 14.0 Å². The van der Waals surface area contributed by atoms with E-state index < -0.39 is 0 Å². The van der Waals surface area contributed by atoms with Gasteiger partial charge in [0.1, 0.15) is 18.9 Å². The lowest BCUT2D eigenvalue weighted by Gasteiger charge is -2.23. The van der Waals surface area contributed by atoms with Gasteiger partial charge in [-0.1, -0.05) is 31.9 Å². The molecule has 9 heteroatoms. The number of rotatable bonds is 8. The maximum atomic E-state index is 13.2. The molecular weight excluding hydrogens is 423 g/mol. The standard InChI is InChI=1S/C24H27FN6O2/c1-2-17-7-13-21(14-8-17)30(15-22(32)26-20-5-3-4-6-20)23(33)16-31-28-24(27-29-31)18-9-11-19(25)12-10-18/h7-14,20H,2-6,15-16H2,1H3,(H,26,32). The van der Waals surface area contributed by atoms with Crippen LogP contribution in [-0.4, -0.2) is 44.6 Å². The number of nitrogens with zero attached hydrogens (tertiary/aromatic N) is 5. The number of benzene rings is 2. The van der Waals surface area contributed by atoms with Crippen LogP contribution < -0.4 is 10.2 Å². The zero-order valence-electron chi connectivity index (χ0n) is 18.6. The summed E-state index contributed by atoms with van der Waals surface area (Å²) in [5.41, 5.74) is 2.37. The van der Waals surface area contributed by atoms with Crippen molar-refractivity contribution in [2.75, 3.05) is 11.4 Å². The SMILES string of the molecule is CCc1ccc(N(CC(=O)NC2CCCC2)C(=O)Cn2nnc(-c3ccc(F)cc3)n2)cc1. The number of carbonyl (C=O) groups excluding carboxylic acids is 2. The van der Waals surface area contributed by atoms with Crippen molar-refractivity contribution in [1.29, 1.82) is 0 Å². The Morgan fingerprint density at radius 2 is 1.79 bits per heavy atom. The van der Waals surface area contributed by atoms with Crippen molar-refractivity contribution in [3.8, 4) is 11.4 Å². The van der Waals surface area contributed by atoms with Crippen LogP contribution in [-0.2, 0) is 22.6 Å². The minimum absolute atomic E-state index is 0.0830. The lowest BCUT2D eigenvalue weighted by Crippen LogP contribution is -2.44. The zero-order valence-corrected chi connectivity index (χ0v) is 18.6. The van der Waals surface area contributed by atoms with E-state index in [0.717, 1.165) is 37.7 Å². The largest absolute Gasteiger partial charge is 0.352 e. The molecule has 172 valence electrons. The fraction of sp³-hybridized carbons (Fsp3) is 0.375. The van der Waals surface area contributed by atoms with Crippen molar-refractivity contribution in [3.05, 3.63) is 59.9 Å². The van der Waals surface area contributed by atoms with Crippen LogP contribution in [0.25, 0.3) is 11.4 Å². The Morgan fingerprint density at radius 1 is 1.09 bits per heavy atom. The maximum Gasteiger partial charge on any atom is 0.251 e. The molecule has 2 aromatic carbocycles. The van der Waals surface area contributed by atoms with Gasteiger partial charge >= 0.3 is 0 Å². The van der Waals surface area contributed by atoms with Gasteiger partial charge in [0.25, 0.3) is 5.91 Å². The highest BCUT2D eigenvalue weighted by Gasteiger charge is 2.23. The summed E-state index contributed by atoms with van der Waals surface area (Å²) in [4.78, 5) is 28.5. The quantitative estimate of drug-likeness (QED) is 0.569. The number of halogens is 1. The Balaban J connectivity index is 1.49. The summed E-state index contributed by atoms with van der Waals surface area (Å²) in [5, 5.41) is 15.2. The molecule has 1 aliphatic rings. The summed E-state index contributed by atoms with van der Waals surface area (Å²) in [5.74, 6) is -0.584. The number of carbonyl (C=O) groups is 2. The van der Waals surface area contributed by atoms with E-state index in [1.807, 2.05) is 24.3 Å². The monoisotopic (exact) mass is 450 g/mol. The number of aryl methyl sites for hydroxylation is 1. The van der Waals surface area contributed by atoms with E-state index in [1.165, 1.54) is 21.8 Å². The van der Waals surface area contributed by atoms with E-state index in [-0.39, 0.29) is 36.8 Å². The van der Waals surface area contributed by atoms with Crippen LogP contribution >= 0.6 is 0 Å². The number of tetrazole rings is 1. The van der Waals surface area contributed by atoms with E-state index in [0.29, 0.717) is 17.1 Å². The molecule has 0 unspecified atom stereocenters. The lowest BCUT2D eigenvalue weighted by atomic mass is 10.1. The third-order valence-electron chi connectivity index (χ3n) is 5.81. The second kappa shape index (κ2) is 10.3. The zero-order chi connectivity index (χ0) is 23.2. The van der Waals surface area contributed by atoms with Gasteiger partial charge in [0.05, 0.1) is 0 Å². The Kier molecular flexibility index (Phi) is 7.07. The normalized spacial score (nSPS) is 13.8. The topological polar surface area (TPSA) is 93.0 Å². The molecule has 1 saturated carbocycles. The molecule has 0 bridgehead atoms. The van der Waals surface area contributed by atoms with Crippen molar-refractivity contribution in [1.82, 2.24) is 25.5 Å². The predicted octanol–water partition coefficient (Wildman–Crippen LogP) is 3.13. The minimum Gasteiger partial charge on any atom is -0.352 e. The van der Waals surface area contributed by atoms with Gasteiger partial charge in [0.2, 0.25) is 11.7 Å². The summed E-state index contributed by atoms with van der Waals surface area (Å²) < 4.78 is 13.2. The fourth-order valence-electron chi connectivity index (χ4n) is 3.95. The first-order valence-corrected chi connectivity index (χ1v) is 11.2. The van der Waals surface area contributed by atoms with Gasteiger partial charge < -0.3 is 10.2 Å². The molecule has 33 heavy (non-hydrogen) atoms. The van der Waals surface area contributed by atoms with Crippen molar-refractivity contribution < 1.29 is 14.0 Å². The summed E-state index contributed by atoms with van der Waals surface area (Å²) in [6.07, 6.45) is 5.05. The molecule has 1 aromatic heterocycles. The first-order valence-electron chi connectivity index (χ1n) is 11.2. The van der Waals surface area contributed by atoms with Crippen LogP contribution in [0, 0.1) is 5.82 Å². The van der Waals surface area contributed by atoms with Crippen LogP contribution in [0.1, 0.15) is 38.2 Å². The van der Waals surface area contributed by atoms with Crippen LogP contribution in [0.5, 0.6) is 0 Å². The molecule has 0 aliphatic heterocycles. The molecule has 1 aliphatic carbocycles. The lowest BCUT2D eigenvalue weighted by molar-refractivity contribution is -0.124. The molecule has 1 heterocycles. The number of nitrogens with one attached hydrogen (secondary N) is 1. The first-order chi connectivity index (χ1) is 16.0. The van der Waals surface area contributed by atoms with Gasteiger partial charge in [-0.2, -0.15) is 4.80 Å². The van der Waals surface area contributed by atoms with Gasteiger partial charge in [-0.15, -0.1) is 10.2 Å². The van der Waals surface area contributed by atoms with Crippen LogP contribution in [0.3, 0.4) is 0 Å². The van der Waals surface area contributed by atoms with E-state index >= 15 is 0 Å². The molecule has 4 rings (SSSR count). The van der Waals surface area contributed by atoms with E-state index in [2.05, 4.69) is 27.7 Å². The highest BCUT2D eigenvalue weighted by molar-refractivity contribution is 5.98. The second-order valence-corrected chi connectivity index (χ2v) is 8.20. The van der Waals surface area contributed by atoms with Crippen molar-refractivity contribution in [2.45, 2.75) is 51.6 Å². The van der Waals surface area contributed by atoms with Gasteiger partial charge in [-0.25, -0.2) is 4.39 Å². The number of anilines is 1. The van der Waals surface area contributed by atoms with Gasteiger partial charge in [0.15, 0.2) is 0 Å².